The number of carbonyl (C=O) groups is 2. The Labute approximate surface area is 97.2 Å². The predicted octanol–water partition coefficient (Wildman–Crippen LogP) is 1.34. The lowest BCUT2D eigenvalue weighted by Gasteiger charge is -2.13. The summed E-state index contributed by atoms with van der Waals surface area (Å²) in [4.78, 5) is 21.8. The maximum atomic E-state index is 11.7. The lowest BCUT2D eigenvalue weighted by atomic mass is 10.1. The van der Waals surface area contributed by atoms with Gasteiger partial charge in [0.2, 0.25) is 6.86 Å². The molecular weight excluding hydrogens is 229 g/mol. The molecule has 6 heteroatoms. The maximum Gasteiger partial charge on any atom is 0.410 e. The Morgan fingerprint density at radius 2 is 2.00 bits per heavy atom. The summed E-state index contributed by atoms with van der Waals surface area (Å²) >= 11 is 0. The van der Waals surface area contributed by atoms with Crippen molar-refractivity contribution in [2.45, 2.75) is 12.5 Å². The van der Waals surface area contributed by atoms with E-state index in [4.69, 9.17) is 5.11 Å². The SMILES string of the molecule is O=C(N[C@@H](Cc1ccccc1)C(=O)O)OCF. The van der Waals surface area contributed by atoms with Crippen LogP contribution in [0.25, 0.3) is 0 Å². The number of alkyl carbamates (subject to hydrolysis) is 1. The van der Waals surface area contributed by atoms with E-state index in [-0.39, 0.29) is 6.42 Å². The van der Waals surface area contributed by atoms with Gasteiger partial charge in [-0.2, -0.15) is 0 Å². The molecule has 92 valence electrons. The van der Waals surface area contributed by atoms with Gasteiger partial charge >= 0.3 is 12.1 Å². The summed E-state index contributed by atoms with van der Waals surface area (Å²) < 4.78 is 15.7. The maximum absolute atomic E-state index is 11.7. The van der Waals surface area contributed by atoms with Gasteiger partial charge < -0.3 is 15.2 Å². The van der Waals surface area contributed by atoms with E-state index in [9.17, 15) is 14.0 Å². The molecule has 1 atom stereocenters. The second-order valence-electron chi connectivity index (χ2n) is 3.27. The molecule has 0 saturated carbocycles. The average molecular weight is 241 g/mol. The van der Waals surface area contributed by atoms with Crippen molar-refractivity contribution in [3.63, 3.8) is 0 Å². The smallest absolute Gasteiger partial charge is 0.410 e. The number of ether oxygens (including phenoxy) is 1. The number of rotatable bonds is 5. The van der Waals surface area contributed by atoms with Crippen LogP contribution in [0.4, 0.5) is 9.18 Å². The number of carbonyl (C=O) groups excluding carboxylic acids is 1. The van der Waals surface area contributed by atoms with Crippen LogP contribution < -0.4 is 5.32 Å². The van der Waals surface area contributed by atoms with Gasteiger partial charge in [0.25, 0.3) is 0 Å². The fourth-order valence-electron chi connectivity index (χ4n) is 1.28. The highest BCUT2D eigenvalue weighted by Gasteiger charge is 2.20. The Bertz CT molecular complexity index is 382. The Balaban J connectivity index is 2.61. The number of alkyl halides is 1. The fraction of sp³-hybridized carbons (Fsp3) is 0.273. The molecule has 0 radical (unpaired) electrons. The van der Waals surface area contributed by atoms with Crippen molar-refractivity contribution < 1.29 is 23.8 Å². The molecule has 0 unspecified atom stereocenters. The van der Waals surface area contributed by atoms with E-state index < -0.39 is 25.0 Å². The van der Waals surface area contributed by atoms with Crippen LogP contribution in [0.1, 0.15) is 5.56 Å². The van der Waals surface area contributed by atoms with Gasteiger partial charge in [-0.15, -0.1) is 0 Å². The van der Waals surface area contributed by atoms with Crippen molar-refractivity contribution in [1.82, 2.24) is 5.32 Å². The summed E-state index contributed by atoms with van der Waals surface area (Å²) in [6.07, 6.45) is -0.979. The normalized spacial score (nSPS) is 11.6. The summed E-state index contributed by atoms with van der Waals surface area (Å²) in [5.41, 5.74) is 0.750. The number of halogens is 1. The minimum atomic E-state index is -1.29. The molecule has 0 aliphatic heterocycles. The topological polar surface area (TPSA) is 75.6 Å². The zero-order chi connectivity index (χ0) is 12.7. The van der Waals surface area contributed by atoms with Crippen molar-refractivity contribution in [1.29, 1.82) is 0 Å². The molecule has 1 aromatic carbocycles. The van der Waals surface area contributed by atoms with Gasteiger partial charge in [0.1, 0.15) is 6.04 Å². The first-order valence-electron chi connectivity index (χ1n) is 4.89. The highest BCUT2D eigenvalue weighted by Crippen LogP contribution is 2.03. The van der Waals surface area contributed by atoms with E-state index in [1.165, 1.54) is 0 Å². The third kappa shape index (κ3) is 4.50. The van der Waals surface area contributed by atoms with Crippen LogP contribution in [0.5, 0.6) is 0 Å². The molecule has 0 aromatic heterocycles. The van der Waals surface area contributed by atoms with E-state index >= 15 is 0 Å². The summed E-state index contributed by atoms with van der Waals surface area (Å²) in [6.45, 7) is -1.29. The summed E-state index contributed by atoms with van der Waals surface area (Å²) in [5, 5.41) is 11.0. The number of carboxylic acid groups (broad SMARTS) is 1. The van der Waals surface area contributed by atoms with Crippen molar-refractivity contribution >= 4 is 12.1 Å². The van der Waals surface area contributed by atoms with E-state index in [1.54, 1.807) is 30.3 Å². The Kier molecular flexibility index (Phi) is 4.93. The first-order chi connectivity index (χ1) is 8.13. The summed E-state index contributed by atoms with van der Waals surface area (Å²) in [6, 6.07) is 7.64. The van der Waals surface area contributed by atoms with Gasteiger partial charge in [-0.25, -0.2) is 14.0 Å². The third-order valence-electron chi connectivity index (χ3n) is 2.06. The van der Waals surface area contributed by atoms with Crippen molar-refractivity contribution in [2.24, 2.45) is 0 Å². The molecule has 0 fully saturated rings. The number of amides is 1. The van der Waals surface area contributed by atoms with Gasteiger partial charge in [0, 0.05) is 6.42 Å². The van der Waals surface area contributed by atoms with E-state index in [1.807, 2.05) is 0 Å². The van der Waals surface area contributed by atoms with Crippen LogP contribution >= 0.6 is 0 Å². The molecule has 5 nitrogen and oxygen atoms in total. The highest BCUT2D eigenvalue weighted by atomic mass is 19.1. The van der Waals surface area contributed by atoms with Gasteiger partial charge in [-0.3, -0.25) is 0 Å². The first-order valence-corrected chi connectivity index (χ1v) is 4.89. The molecule has 1 aromatic rings. The van der Waals surface area contributed by atoms with Gasteiger partial charge in [-0.1, -0.05) is 30.3 Å². The number of benzene rings is 1. The number of carboxylic acids is 1. The Hall–Kier alpha value is -2.11. The number of nitrogens with one attached hydrogen (secondary N) is 1. The molecule has 0 spiro atoms. The molecule has 2 N–H and O–H groups in total. The molecule has 1 rings (SSSR count). The quantitative estimate of drug-likeness (QED) is 0.815. The zero-order valence-electron chi connectivity index (χ0n) is 8.93. The molecule has 0 bridgehead atoms. The minimum Gasteiger partial charge on any atom is -0.480 e. The third-order valence-corrected chi connectivity index (χ3v) is 2.06. The van der Waals surface area contributed by atoms with Crippen molar-refractivity contribution in [2.75, 3.05) is 6.86 Å². The zero-order valence-corrected chi connectivity index (χ0v) is 8.93. The number of aliphatic carboxylic acids is 1. The molecule has 1 amide bonds. The molecule has 0 aliphatic carbocycles. The van der Waals surface area contributed by atoms with E-state index in [0.717, 1.165) is 5.56 Å². The highest BCUT2D eigenvalue weighted by molar-refractivity contribution is 5.80. The van der Waals surface area contributed by atoms with Gasteiger partial charge in [0.05, 0.1) is 0 Å². The lowest BCUT2D eigenvalue weighted by molar-refractivity contribution is -0.139. The predicted molar refractivity (Wildman–Crippen MR) is 57.2 cm³/mol. The van der Waals surface area contributed by atoms with E-state index in [2.05, 4.69) is 10.1 Å². The molecule has 0 aliphatic rings. The van der Waals surface area contributed by atoms with Crippen molar-refractivity contribution in [3.05, 3.63) is 35.9 Å². The van der Waals surface area contributed by atoms with Gasteiger partial charge in [0.15, 0.2) is 0 Å². The number of hydrogen-bond donors (Lipinski definition) is 2. The second-order valence-corrected chi connectivity index (χ2v) is 3.27. The van der Waals surface area contributed by atoms with Gasteiger partial charge in [-0.05, 0) is 5.56 Å². The van der Waals surface area contributed by atoms with Crippen LogP contribution in [-0.2, 0) is 16.0 Å². The van der Waals surface area contributed by atoms with Crippen LogP contribution in [0, 0.1) is 0 Å². The van der Waals surface area contributed by atoms with Crippen LogP contribution in [-0.4, -0.2) is 30.1 Å². The largest absolute Gasteiger partial charge is 0.480 e. The summed E-state index contributed by atoms with van der Waals surface area (Å²) in [5.74, 6) is -1.20. The van der Waals surface area contributed by atoms with Crippen LogP contribution in [0.15, 0.2) is 30.3 Å². The Morgan fingerprint density at radius 3 is 2.53 bits per heavy atom. The average Bonchev–Trinajstić information content (AvgIpc) is 2.29. The second kappa shape index (κ2) is 6.47. The lowest BCUT2D eigenvalue weighted by Crippen LogP contribution is -2.42. The first kappa shape index (κ1) is 13.0. The van der Waals surface area contributed by atoms with Crippen molar-refractivity contribution in [3.8, 4) is 0 Å². The molecular formula is C11H12FNO4. The van der Waals surface area contributed by atoms with Crippen LogP contribution in [0.3, 0.4) is 0 Å². The number of hydrogen-bond acceptors (Lipinski definition) is 3. The monoisotopic (exact) mass is 241 g/mol. The van der Waals surface area contributed by atoms with E-state index in [0.29, 0.717) is 0 Å². The molecule has 0 heterocycles. The fourth-order valence-corrected chi connectivity index (χ4v) is 1.28. The Morgan fingerprint density at radius 1 is 1.35 bits per heavy atom. The standard InChI is InChI=1S/C11H12FNO4/c12-7-17-11(16)13-9(10(14)15)6-8-4-2-1-3-5-8/h1-5,9H,6-7H2,(H,13,16)(H,14,15)/t9-/m0/s1. The molecule has 0 saturated heterocycles. The van der Waals surface area contributed by atoms with Crippen LogP contribution in [0.2, 0.25) is 0 Å². The minimum absolute atomic E-state index is 0.109. The molecule has 17 heavy (non-hydrogen) atoms. The summed E-state index contributed by atoms with van der Waals surface area (Å²) in [7, 11) is 0.